The summed E-state index contributed by atoms with van der Waals surface area (Å²) in [7, 11) is 0. The summed E-state index contributed by atoms with van der Waals surface area (Å²) in [5.74, 6) is 2.44. The molecular weight excluding hydrogens is 334 g/mol. The molecule has 1 aliphatic heterocycles. The highest BCUT2D eigenvalue weighted by molar-refractivity contribution is 5.81. The summed E-state index contributed by atoms with van der Waals surface area (Å²) in [5, 5.41) is 0. The first-order valence-corrected chi connectivity index (χ1v) is 10.7. The fraction of sp³-hybridized carbons (Fsp3) is 0.652. The molecule has 1 saturated heterocycles. The van der Waals surface area contributed by atoms with E-state index in [1.54, 1.807) is 0 Å². The third-order valence-electron chi connectivity index (χ3n) is 6.47. The highest BCUT2D eigenvalue weighted by Crippen LogP contribution is 2.35. The lowest BCUT2D eigenvalue weighted by atomic mass is 9.87. The Morgan fingerprint density at radius 2 is 1.85 bits per heavy atom. The van der Waals surface area contributed by atoms with E-state index in [0.717, 1.165) is 30.3 Å². The van der Waals surface area contributed by atoms with E-state index in [2.05, 4.69) is 49.6 Å². The van der Waals surface area contributed by atoms with Crippen LogP contribution in [0, 0.1) is 5.92 Å². The van der Waals surface area contributed by atoms with Gasteiger partial charge in [-0.05, 0) is 45.2 Å². The lowest BCUT2D eigenvalue weighted by molar-refractivity contribution is -0.131. The van der Waals surface area contributed by atoms with Gasteiger partial charge in [0.2, 0.25) is 5.91 Å². The first-order chi connectivity index (χ1) is 12.9. The van der Waals surface area contributed by atoms with Crippen molar-refractivity contribution in [3.05, 3.63) is 30.1 Å². The van der Waals surface area contributed by atoms with E-state index in [-0.39, 0.29) is 17.4 Å². The molecule has 4 rings (SSSR count). The number of hydrogen-bond acceptors (Lipinski definition) is 2. The van der Waals surface area contributed by atoms with Crippen LogP contribution < -0.4 is 0 Å². The minimum Gasteiger partial charge on any atom is -0.337 e. The Labute approximate surface area is 163 Å². The van der Waals surface area contributed by atoms with Crippen LogP contribution in [0.1, 0.15) is 77.5 Å². The molecule has 2 aromatic rings. The van der Waals surface area contributed by atoms with Gasteiger partial charge in [0.15, 0.2) is 0 Å². The molecule has 2 fully saturated rings. The molecule has 2 aliphatic rings. The number of likely N-dealkylation sites (tertiary alicyclic amines) is 1. The van der Waals surface area contributed by atoms with Crippen molar-refractivity contribution < 1.29 is 4.79 Å². The number of imidazole rings is 1. The molecule has 0 N–H and O–H groups in total. The number of nitrogens with zero attached hydrogens (tertiary/aromatic N) is 3. The summed E-state index contributed by atoms with van der Waals surface area (Å²) >= 11 is 0. The highest BCUT2D eigenvalue weighted by Gasteiger charge is 2.39. The number of hydrogen-bond donors (Lipinski definition) is 0. The van der Waals surface area contributed by atoms with Gasteiger partial charge in [0, 0.05) is 31.0 Å². The van der Waals surface area contributed by atoms with Crippen LogP contribution in [0.15, 0.2) is 24.3 Å². The zero-order chi connectivity index (χ0) is 19.0. The van der Waals surface area contributed by atoms with Crippen molar-refractivity contribution in [3.63, 3.8) is 0 Å². The molecule has 1 aromatic carbocycles. The van der Waals surface area contributed by atoms with Gasteiger partial charge in [0.1, 0.15) is 5.82 Å². The molecule has 1 aromatic heterocycles. The predicted molar refractivity (Wildman–Crippen MR) is 110 cm³/mol. The number of aryl methyl sites for hydroxylation is 1. The number of carbonyl (C=O) groups excluding carboxylic acids is 1. The van der Waals surface area contributed by atoms with Gasteiger partial charge < -0.3 is 9.47 Å². The zero-order valence-electron chi connectivity index (χ0n) is 17.1. The van der Waals surface area contributed by atoms with E-state index >= 15 is 0 Å². The number of benzene rings is 1. The summed E-state index contributed by atoms with van der Waals surface area (Å²) < 4.78 is 2.42. The smallest absolute Gasteiger partial charge is 0.223 e. The van der Waals surface area contributed by atoms with E-state index in [1.807, 2.05) is 4.90 Å². The molecule has 1 amide bonds. The van der Waals surface area contributed by atoms with Crippen molar-refractivity contribution in [2.24, 2.45) is 5.92 Å². The maximum Gasteiger partial charge on any atom is 0.223 e. The van der Waals surface area contributed by atoms with Crippen molar-refractivity contribution in [3.8, 4) is 0 Å². The van der Waals surface area contributed by atoms with Crippen molar-refractivity contribution in [1.82, 2.24) is 14.5 Å². The quantitative estimate of drug-likeness (QED) is 0.752. The Bertz CT molecular complexity index is 811. The van der Waals surface area contributed by atoms with Crippen LogP contribution in [-0.2, 0) is 11.3 Å². The topological polar surface area (TPSA) is 38.1 Å². The van der Waals surface area contributed by atoms with Crippen LogP contribution in [0.4, 0.5) is 0 Å². The second kappa shape index (κ2) is 7.29. The molecule has 0 unspecified atom stereocenters. The summed E-state index contributed by atoms with van der Waals surface area (Å²) in [6.07, 6.45) is 8.76. The van der Waals surface area contributed by atoms with Crippen LogP contribution in [0.2, 0.25) is 0 Å². The van der Waals surface area contributed by atoms with Crippen molar-refractivity contribution >= 4 is 16.9 Å². The third kappa shape index (κ3) is 3.76. The van der Waals surface area contributed by atoms with E-state index < -0.39 is 0 Å². The average Bonchev–Trinajstić information content (AvgIpc) is 3.21. The van der Waals surface area contributed by atoms with Gasteiger partial charge >= 0.3 is 0 Å². The molecule has 1 atom stereocenters. The summed E-state index contributed by atoms with van der Waals surface area (Å²) in [6, 6.07) is 8.46. The van der Waals surface area contributed by atoms with Gasteiger partial charge in [-0.25, -0.2) is 4.98 Å². The molecule has 146 valence electrons. The Morgan fingerprint density at radius 3 is 2.56 bits per heavy atom. The molecule has 4 nitrogen and oxygen atoms in total. The van der Waals surface area contributed by atoms with E-state index in [1.165, 1.54) is 44.0 Å². The first kappa shape index (κ1) is 18.5. The van der Waals surface area contributed by atoms with Gasteiger partial charge in [-0.1, -0.05) is 44.2 Å². The van der Waals surface area contributed by atoms with E-state index in [0.29, 0.717) is 6.42 Å². The second-order valence-electron chi connectivity index (χ2n) is 9.48. The Balaban J connectivity index is 1.61. The minimum atomic E-state index is -0.120. The van der Waals surface area contributed by atoms with Crippen LogP contribution in [0.3, 0.4) is 0 Å². The summed E-state index contributed by atoms with van der Waals surface area (Å²) in [6.45, 7) is 8.19. The van der Waals surface area contributed by atoms with Gasteiger partial charge in [-0.2, -0.15) is 0 Å². The van der Waals surface area contributed by atoms with Crippen LogP contribution >= 0.6 is 0 Å². The maximum absolute atomic E-state index is 12.6. The zero-order valence-corrected chi connectivity index (χ0v) is 17.1. The SMILES string of the molecule is CC(C)(C)N1C[C@@H](c2nc3ccccc3n2CCC2CCCCC2)CC1=O. The normalized spacial score (nSPS) is 22.1. The third-order valence-corrected chi connectivity index (χ3v) is 6.47. The van der Waals surface area contributed by atoms with Gasteiger partial charge in [0.25, 0.3) is 0 Å². The average molecular weight is 368 g/mol. The number of amides is 1. The molecule has 0 spiro atoms. The standard InChI is InChI=1S/C23H33N3O/c1-23(2,3)26-16-18(15-21(26)27)22-24-19-11-7-8-12-20(19)25(22)14-13-17-9-5-4-6-10-17/h7-8,11-12,17-18H,4-6,9-10,13-16H2,1-3H3/t18-/m0/s1. The Morgan fingerprint density at radius 1 is 1.11 bits per heavy atom. The summed E-state index contributed by atoms with van der Waals surface area (Å²) in [4.78, 5) is 19.6. The number of para-hydroxylation sites is 2. The van der Waals surface area contributed by atoms with Crippen molar-refractivity contribution in [1.29, 1.82) is 0 Å². The fourth-order valence-corrected chi connectivity index (χ4v) is 4.96. The van der Waals surface area contributed by atoms with Gasteiger partial charge in [0.05, 0.1) is 11.0 Å². The fourth-order valence-electron chi connectivity index (χ4n) is 4.96. The number of aromatic nitrogens is 2. The van der Waals surface area contributed by atoms with Crippen molar-refractivity contribution in [2.75, 3.05) is 6.54 Å². The number of rotatable bonds is 4. The molecular formula is C23H33N3O. The predicted octanol–water partition coefficient (Wildman–Crippen LogP) is 5.12. The Hall–Kier alpha value is -1.84. The van der Waals surface area contributed by atoms with E-state index in [4.69, 9.17) is 4.98 Å². The maximum atomic E-state index is 12.6. The first-order valence-electron chi connectivity index (χ1n) is 10.7. The van der Waals surface area contributed by atoms with Crippen LogP contribution in [0.25, 0.3) is 11.0 Å². The Kier molecular flexibility index (Phi) is 5.00. The lowest BCUT2D eigenvalue weighted by Crippen LogP contribution is -2.42. The molecule has 4 heteroatoms. The largest absolute Gasteiger partial charge is 0.337 e. The number of carbonyl (C=O) groups is 1. The van der Waals surface area contributed by atoms with Gasteiger partial charge in [-0.15, -0.1) is 0 Å². The van der Waals surface area contributed by atoms with Gasteiger partial charge in [-0.3, -0.25) is 4.79 Å². The molecule has 0 bridgehead atoms. The highest BCUT2D eigenvalue weighted by atomic mass is 16.2. The molecule has 1 saturated carbocycles. The summed E-state index contributed by atoms with van der Waals surface area (Å²) in [5.41, 5.74) is 2.17. The molecule has 27 heavy (non-hydrogen) atoms. The van der Waals surface area contributed by atoms with Crippen LogP contribution in [-0.4, -0.2) is 32.4 Å². The van der Waals surface area contributed by atoms with Crippen LogP contribution in [0.5, 0.6) is 0 Å². The number of fused-ring (bicyclic) bond motifs is 1. The molecule has 1 aliphatic carbocycles. The molecule has 2 heterocycles. The van der Waals surface area contributed by atoms with Crippen molar-refractivity contribution in [2.45, 2.75) is 83.7 Å². The monoisotopic (exact) mass is 367 g/mol. The van der Waals surface area contributed by atoms with E-state index in [9.17, 15) is 4.79 Å². The molecule has 0 radical (unpaired) electrons. The second-order valence-corrected chi connectivity index (χ2v) is 9.48. The minimum absolute atomic E-state index is 0.120. The lowest BCUT2D eigenvalue weighted by Gasteiger charge is -2.32.